The Morgan fingerprint density at radius 2 is 2.04 bits per heavy atom. The molecule has 8 heteroatoms. The molecule has 0 aliphatic heterocycles. The minimum atomic E-state index is -2.86. The standard InChI is InChI=1S/C16H13F3N4O/c1-23(12-3-2-6-20-8-12)9-11-5-4-10(7-13(11)17)15-21-22-16(24-15)14(18)19/h2-8,14H,9H2,1H3. The molecule has 0 saturated heterocycles. The SMILES string of the molecule is CN(Cc1ccc(-c2nnc(C(F)F)o2)cc1F)c1cccnc1. The van der Waals surface area contributed by atoms with Gasteiger partial charge in [0.15, 0.2) is 0 Å². The Morgan fingerprint density at radius 1 is 1.21 bits per heavy atom. The molecule has 0 radical (unpaired) electrons. The summed E-state index contributed by atoms with van der Waals surface area (Å²) >= 11 is 0. The van der Waals surface area contributed by atoms with Crippen LogP contribution in [0, 0.1) is 5.82 Å². The molecule has 0 unspecified atom stereocenters. The van der Waals surface area contributed by atoms with E-state index in [0.29, 0.717) is 12.1 Å². The average molecular weight is 334 g/mol. The minimum absolute atomic E-state index is 0.142. The summed E-state index contributed by atoms with van der Waals surface area (Å²) < 4.78 is 44.0. The van der Waals surface area contributed by atoms with E-state index in [2.05, 4.69) is 15.2 Å². The van der Waals surface area contributed by atoms with Gasteiger partial charge in [-0.3, -0.25) is 4.98 Å². The highest BCUT2D eigenvalue weighted by Gasteiger charge is 2.18. The van der Waals surface area contributed by atoms with Crippen molar-refractivity contribution in [1.29, 1.82) is 0 Å². The van der Waals surface area contributed by atoms with Gasteiger partial charge in [0.25, 0.3) is 5.89 Å². The third-order valence-corrected chi connectivity index (χ3v) is 3.42. The fourth-order valence-corrected chi connectivity index (χ4v) is 2.17. The Kier molecular flexibility index (Phi) is 4.45. The van der Waals surface area contributed by atoms with Crippen LogP contribution in [-0.2, 0) is 6.54 Å². The molecule has 0 saturated carbocycles. The summed E-state index contributed by atoms with van der Waals surface area (Å²) in [6.45, 7) is 0.323. The molecule has 5 nitrogen and oxygen atoms in total. The summed E-state index contributed by atoms with van der Waals surface area (Å²) in [4.78, 5) is 5.86. The second-order valence-corrected chi connectivity index (χ2v) is 5.12. The molecule has 1 aromatic carbocycles. The van der Waals surface area contributed by atoms with Gasteiger partial charge in [-0.05, 0) is 24.3 Å². The highest BCUT2D eigenvalue weighted by atomic mass is 19.3. The molecule has 0 N–H and O–H groups in total. The number of pyridine rings is 1. The Labute approximate surface area is 135 Å². The number of halogens is 3. The maximum atomic E-state index is 14.3. The van der Waals surface area contributed by atoms with E-state index in [1.54, 1.807) is 30.6 Å². The number of nitrogens with zero attached hydrogens (tertiary/aromatic N) is 4. The number of benzene rings is 1. The maximum Gasteiger partial charge on any atom is 0.314 e. The Balaban J connectivity index is 1.79. The van der Waals surface area contributed by atoms with Crippen molar-refractivity contribution in [3.63, 3.8) is 0 Å². The lowest BCUT2D eigenvalue weighted by atomic mass is 10.1. The molecule has 2 aromatic heterocycles. The van der Waals surface area contributed by atoms with Gasteiger partial charge >= 0.3 is 6.43 Å². The summed E-state index contributed by atoms with van der Waals surface area (Å²) in [5.74, 6) is -1.41. The van der Waals surface area contributed by atoms with E-state index in [-0.39, 0.29) is 11.5 Å². The van der Waals surface area contributed by atoms with Crippen molar-refractivity contribution in [2.75, 3.05) is 11.9 Å². The first-order valence-corrected chi connectivity index (χ1v) is 7.06. The molecule has 0 spiro atoms. The fourth-order valence-electron chi connectivity index (χ4n) is 2.17. The van der Waals surface area contributed by atoms with E-state index in [4.69, 9.17) is 4.42 Å². The molecule has 3 rings (SSSR count). The second kappa shape index (κ2) is 6.69. The number of hydrogen-bond acceptors (Lipinski definition) is 5. The van der Waals surface area contributed by atoms with Crippen molar-refractivity contribution in [1.82, 2.24) is 15.2 Å². The topological polar surface area (TPSA) is 55.1 Å². The van der Waals surface area contributed by atoms with Gasteiger partial charge in [0.05, 0.1) is 11.9 Å². The van der Waals surface area contributed by atoms with Gasteiger partial charge in [-0.1, -0.05) is 6.07 Å². The molecule has 3 aromatic rings. The molecule has 0 fully saturated rings. The quantitative estimate of drug-likeness (QED) is 0.709. The van der Waals surface area contributed by atoms with Crippen LogP contribution in [0.4, 0.5) is 18.9 Å². The summed E-state index contributed by atoms with van der Waals surface area (Å²) in [6, 6.07) is 7.96. The average Bonchev–Trinajstić information content (AvgIpc) is 3.08. The van der Waals surface area contributed by atoms with E-state index < -0.39 is 18.1 Å². The zero-order valence-electron chi connectivity index (χ0n) is 12.7. The van der Waals surface area contributed by atoms with Crippen LogP contribution in [-0.4, -0.2) is 22.2 Å². The summed E-state index contributed by atoms with van der Waals surface area (Å²) in [7, 11) is 1.82. The molecule has 124 valence electrons. The van der Waals surface area contributed by atoms with Crippen molar-refractivity contribution >= 4 is 5.69 Å². The number of anilines is 1. The highest BCUT2D eigenvalue weighted by Crippen LogP contribution is 2.25. The number of alkyl halides is 2. The molecule has 0 bridgehead atoms. The maximum absolute atomic E-state index is 14.3. The van der Waals surface area contributed by atoms with E-state index in [9.17, 15) is 13.2 Å². The van der Waals surface area contributed by atoms with Gasteiger partial charge in [-0.15, -0.1) is 10.2 Å². The van der Waals surface area contributed by atoms with E-state index >= 15 is 0 Å². The molecule has 0 amide bonds. The van der Waals surface area contributed by atoms with Crippen LogP contribution in [0.15, 0.2) is 47.1 Å². The van der Waals surface area contributed by atoms with Crippen LogP contribution in [0.2, 0.25) is 0 Å². The minimum Gasteiger partial charge on any atom is -0.415 e. The molecule has 0 aliphatic carbocycles. The lowest BCUT2D eigenvalue weighted by Gasteiger charge is -2.19. The van der Waals surface area contributed by atoms with Gasteiger partial charge in [-0.2, -0.15) is 8.78 Å². The lowest BCUT2D eigenvalue weighted by Crippen LogP contribution is -2.17. The summed E-state index contributed by atoms with van der Waals surface area (Å²) in [5.41, 5.74) is 1.54. The largest absolute Gasteiger partial charge is 0.415 e. The van der Waals surface area contributed by atoms with Crippen LogP contribution in [0.25, 0.3) is 11.5 Å². The Hall–Kier alpha value is -2.90. The first kappa shape index (κ1) is 16.0. The molecule has 0 aliphatic rings. The van der Waals surface area contributed by atoms with E-state index in [1.807, 2.05) is 18.0 Å². The summed E-state index contributed by atoms with van der Waals surface area (Å²) in [5, 5.41) is 6.73. The van der Waals surface area contributed by atoms with Gasteiger partial charge in [0.2, 0.25) is 5.89 Å². The third-order valence-electron chi connectivity index (χ3n) is 3.42. The van der Waals surface area contributed by atoms with Crippen LogP contribution < -0.4 is 4.90 Å². The molecular weight excluding hydrogens is 321 g/mol. The molecular formula is C16H13F3N4O. The van der Waals surface area contributed by atoms with Crippen molar-refractivity contribution in [2.45, 2.75) is 13.0 Å². The normalized spacial score (nSPS) is 11.0. The van der Waals surface area contributed by atoms with Crippen molar-refractivity contribution < 1.29 is 17.6 Å². The third kappa shape index (κ3) is 3.37. The van der Waals surface area contributed by atoms with Crippen LogP contribution >= 0.6 is 0 Å². The van der Waals surface area contributed by atoms with Gasteiger partial charge in [0, 0.05) is 30.9 Å². The van der Waals surface area contributed by atoms with Gasteiger partial charge in [0.1, 0.15) is 5.82 Å². The van der Waals surface area contributed by atoms with Gasteiger partial charge < -0.3 is 9.32 Å². The lowest BCUT2D eigenvalue weighted by molar-refractivity contribution is 0.116. The first-order valence-electron chi connectivity index (χ1n) is 7.06. The van der Waals surface area contributed by atoms with Crippen molar-refractivity contribution in [3.8, 4) is 11.5 Å². The Morgan fingerprint density at radius 3 is 2.67 bits per heavy atom. The monoisotopic (exact) mass is 334 g/mol. The van der Waals surface area contributed by atoms with E-state index in [0.717, 1.165) is 5.69 Å². The number of aromatic nitrogens is 3. The Bertz CT molecular complexity index is 823. The predicted octanol–water partition coefficient (Wildman–Crippen LogP) is 3.84. The fraction of sp³-hybridized carbons (Fsp3) is 0.188. The number of hydrogen-bond donors (Lipinski definition) is 0. The van der Waals surface area contributed by atoms with E-state index in [1.165, 1.54) is 6.07 Å². The van der Waals surface area contributed by atoms with Crippen molar-refractivity contribution in [2.24, 2.45) is 0 Å². The highest BCUT2D eigenvalue weighted by molar-refractivity contribution is 5.54. The van der Waals surface area contributed by atoms with Crippen LogP contribution in [0.3, 0.4) is 0 Å². The summed E-state index contributed by atoms with van der Waals surface area (Å²) in [6.07, 6.45) is 0.477. The molecule has 0 atom stereocenters. The van der Waals surface area contributed by atoms with Crippen molar-refractivity contribution in [3.05, 3.63) is 60.0 Å². The second-order valence-electron chi connectivity index (χ2n) is 5.12. The smallest absolute Gasteiger partial charge is 0.314 e. The first-order chi connectivity index (χ1) is 11.5. The number of rotatable bonds is 5. The zero-order chi connectivity index (χ0) is 17.1. The van der Waals surface area contributed by atoms with Crippen LogP contribution in [0.1, 0.15) is 17.9 Å². The molecule has 24 heavy (non-hydrogen) atoms. The van der Waals surface area contributed by atoms with Gasteiger partial charge in [-0.25, -0.2) is 4.39 Å². The van der Waals surface area contributed by atoms with Crippen LogP contribution in [0.5, 0.6) is 0 Å². The zero-order valence-corrected chi connectivity index (χ0v) is 12.7. The molecule has 2 heterocycles. The predicted molar refractivity (Wildman–Crippen MR) is 81.0 cm³/mol.